The Morgan fingerprint density at radius 1 is 1.36 bits per heavy atom. The van der Waals surface area contributed by atoms with Crippen LogP contribution < -0.4 is 10.6 Å². The molecule has 1 aromatic carbocycles. The summed E-state index contributed by atoms with van der Waals surface area (Å²) >= 11 is 0. The van der Waals surface area contributed by atoms with E-state index in [4.69, 9.17) is 5.26 Å². The Morgan fingerprint density at radius 2 is 2.21 bits per heavy atom. The van der Waals surface area contributed by atoms with Crippen molar-refractivity contribution in [2.24, 2.45) is 0 Å². The Hall–Kier alpha value is -1.53. The van der Waals surface area contributed by atoms with Crippen LogP contribution in [0.3, 0.4) is 0 Å². The highest BCUT2D eigenvalue weighted by atomic mass is 14.9. The number of anilines is 1. The zero-order valence-corrected chi connectivity index (χ0v) is 8.38. The van der Waals surface area contributed by atoms with E-state index in [1.54, 1.807) is 6.07 Å². The molecule has 0 aliphatic carbocycles. The van der Waals surface area contributed by atoms with Crippen molar-refractivity contribution in [3.63, 3.8) is 0 Å². The van der Waals surface area contributed by atoms with Crippen LogP contribution >= 0.6 is 0 Å². The number of benzene rings is 1. The summed E-state index contributed by atoms with van der Waals surface area (Å²) < 4.78 is 0. The lowest BCUT2D eigenvalue weighted by Crippen LogP contribution is -2.21. The van der Waals surface area contributed by atoms with Crippen LogP contribution in [-0.2, 0) is 0 Å². The molecule has 0 saturated heterocycles. The van der Waals surface area contributed by atoms with Crippen LogP contribution in [0.5, 0.6) is 0 Å². The van der Waals surface area contributed by atoms with Gasteiger partial charge < -0.3 is 10.6 Å². The van der Waals surface area contributed by atoms with Gasteiger partial charge in [0, 0.05) is 18.8 Å². The maximum atomic E-state index is 8.68. The summed E-state index contributed by atoms with van der Waals surface area (Å²) in [5, 5.41) is 15.1. The van der Waals surface area contributed by atoms with E-state index in [0.717, 1.165) is 25.3 Å². The second-order valence-corrected chi connectivity index (χ2v) is 2.97. The number of nitrogens with one attached hydrogen (secondary N) is 2. The monoisotopic (exact) mass is 189 g/mol. The van der Waals surface area contributed by atoms with Gasteiger partial charge >= 0.3 is 0 Å². The van der Waals surface area contributed by atoms with Crippen molar-refractivity contribution in [3.05, 3.63) is 29.8 Å². The second kappa shape index (κ2) is 6.01. The fourth-order valence-corrected chi connectivity index (χ4v) is 1.17. The van der Waals surface area contributed by atoms with Crippen LogP contribution in [0, 0.1) is 11.3 Å². The van der Waals surface area contributed by atoms with Gasteiger partial charge in [-0.05, 0) is 24.7 Å². The molecular formula is C11H15N3. The molecule has 1 aromatic rings. The number of rotatable bonds is 5. The highest BCUT2D eigenvalue weighted by Crippen LogP contribution is 2.08. The van der Waals surface area contributed by atoms with Gasteiger partial charge in [-0.25, -0.2) is 0 Å². The molecule has 0 unspecified atom stereocenters. The quantitative estimate of drug-likeness (QED) is 0.691. The first-order valence-corrected chi connectivity index (χ1v) is 4.81. The maximum absolute atomic E-state index is 8.68. The fourth-order valence-electron chi connectivity index (χ4n) is 1.17. The SMILES string of the molecule is CCNCCNc1cccc(C#N)c1. The minimum atomic E-state index is 0.693. The zero-order valence-electron chi connectivity index (χ0n) is 8.38. The van der Waals surface area contributed by atoms with E-state index in [0.29, 0.717) is 5.56 Å². The molecule has 2 N–H and O–H groups in total. The highest BCUT2D eigenvalue weighted by Gasteiger charge is 1.93. The predicted molar refractivity (Wildman–Crippen MR) is 58.2 cm³/mol. The summed E-state index contributed by atoms with van der Waals surface area (Å²) in [7, 11) is 0. The first-order chi connectivity index (χ1) is 6.86. The van der Waals surface area contributed by atoms with Gasteiger partial charge in [-0.15, -0.1) is 0 Å². The van der Waals surface area contributed by atoms with Gasteiger partial charge in [0.1, 0.15) is 0 Å². The molecule has 74 valence electrons. The van der Waals surface area contributed by atoms with Crippen LogP contribution in [0.1, 0.15) is 12.5 Å². The molecule has 0 aromatic heterocycles. The molecule has 0 radical (unpaired) electrons. The van der Waals surface area contributed by atoms with E-state index in [2.05, 4.69) is 23.6 Å². The summed E-state index contributed by atoms with van der Waals surface area (Å²) in [4.78, 5) is 0. The first kappa shape index (κ1) is 10.6. The molecule has 0 spiro atoms. The Morgan fingerprint density at radius 3 is 2.93 bits per heavy atom. The first-order valence-electron chi connectivity index (χ1n) is 4.81. The minimum Gasteiger partial charge on any atom is -0.384 e. The van der Waals surface area contributed by atoms with Crippen molar-refractivity contribution >= 4 is 5.69 Å². The lowest BCUT2D eigenvalue weighted by atomic mass is 10.2. The number of hydrogen-bond acceptors (Lipinski definition) is 3. The van der Waals surface area contributed by atoms with Gasteiger partial charge in [-0.3, -0.25) is 0 Å². The van der Waals surface area contributed by atoms with Crippen molar-refractivity contribution in [1.29, 1.82) is 5.26 Å². The molecule has 3 heteroatoms. The highest BCUT2D eigenvalue weighted by molar-refractivity contribution is 5.48. The molecule has 14 heavy (non-hydrogen) atoms. The van der Waals surface area contributed by atoms with E-state index >= 15 is 0 Å². The van der Waals surface area contributed by atoms with Crippen LogP contribution in [-0.4, -0.2) is 19.6 Å². The Kier molecular flexibility index (Phi) is 4.53. The largest absolute Gasteiger partial charge is 0.384 e. The van der Waals surface area contributed by atoms with E-state index in [9.17, 15) is 0 Å². The second-order valence-electron chi connectivity index (χ2n) is 2.97. The van der Waals surface area contributed by atoms with E-state index in [1.807, 2.05) is 18.2 Å². The number of likely N-dealkylation sites (N-methyl/N-ethyl adjacent to an activating group) is 1. The molecule has 0 fully saturated rings. The number of nitriles is 1. The molecule has 0 atom stereocenters. The lowest BCUT2D eigenvalue weighted by Gasteiger charge is -2.06. The summed E-state index contributed by atoms with van der Waals surface area (Å²) in [5.41, 5.74) is 1.69. The van der Waals surface area contributed by atoms with Crippen molar-refractivity contribution in [3.8, 4) is 6.07 Å². The normalized spacial score (nSPS) is 9.43. The Labute approximate surface area is 84.7 Å². The van der Waals surface area contributed by atoms with Gasteiger partial charge in [0.2, 0.25) is 0 Å². The number of hydrogen-bond donors (Lipinski definition) is 2. The van der Waals surface area contributed by atoms with Crippen molar-refractivity contribution in [2.75, 3.05) is 25.0 Å². The molecule has 0 heterocycles. The van der Waals surface area contributed by atoms with E-state index < -0.39 is 0 Å². The van der Waals surface area contributed by atoms with Gasteiger partial charge in [0.15, 0.2) is 0 Å². The fraction of sp³-hybridized carbons (Fsp3) is 0.364. The van der Waals surface area contributed by atoms with Gasteiger partial charge in [0.05, 0.1) is 11.6 Å². The van der Waals surface area contributed by atoms with Crippen LogP contribution in [0.25, 0.3) is 0 Å². The molecule has 3 nitrogen and oxygen atoms in total. The summed E-state index contributed by atoms with van der Waals surface area (Å²) in [5.74, 6) is 0. The minimum absolute atomic E-state index is 0.693. The zero-order chi connectivity index (χ0) is 10.2. The molecular weight excluding hydrogens is 174 g/mol. The van der Waals surface area contributed by atoms with Crippen LogP contribution in [0.2, 0.25) is 0 Å². The van der Waals surface area contributed by atoms with E-state index in [-0.39, 0.29) is 0 Å². The van der Waals surface area contributed by atoms with Crippen LogP contribution in [0.4, 0.5) is 5.69 Å². The smallest absolute Gasteiger partial charge is 0.0992 e. The van der Waals surface area contributed by atoms with Crippen molar-refractivity contribution in [1.82, 2.24) is 5.32 Å². The standard InChI is InChI=1S/C11H15N3/c1-2-13-6-7-14-11-5-3-4-10(8-11)9-12/h3-5,8,13-14H,2,6-7H2,1H3. The van der Waals surface area contributed by atoms with Crippen molar-refractivity contribution < 1.29 is 0 Å². The Balaban J connectivity index is 2.39. The Bertz CT molecular complexity index is 315. The third-order valence-corrected chi connectivity index (χ3v) is 1.87. The lowest BCUT2D eigenvalue weighted by molar-refractivity contribution is 0.739. The van der Waals surface area contributed by atoms with Gasteiger partial charge in [0.25, 0.3) is 0 Å². The molecule has 0 saturated carbocycles. The third kappa shape index (κ3) is 3.46. The summed E-state index contributed by atoms with van der Waals surface area (Å²) in [6.07, 6.45) is 0. The maximum Gasteiger partial charge on any atom is 0.0992 e. The molecule has 0 aliphatic heterocycles. The van der Waals surface area contributed by atoms with Crippen molar-refractivity contribution in [2.45, 2.75) is 6.92 Å². The molecule has 0 aliphatic rings. The molecule has 1 rings (SSSR count). The van der Waals surface area contributed by atoms with Gasteiger partial charge in [-0.2, -0.15) is 5.26 Å². The van der Waals surface area contributed by atoms with Crippen LogP contribution in [0.15, 0.2) is 24.3 Å². The topological polar surface area (TPSA) is 47.8 Å². The van der Waals surface area contributed by atoms with Gasteiger partial charge in [-0.1, -0.05) is 13.0 Å². The van der Waals surface area contributed by atoms with E-state index in [1.165, 1.54) is 0 Å². The summed E-state index contributed by atoms with van der Waals surface area (Å²) in [6.45, 7) is 4.88. The number of nitrogens with zero attached hydrogens (tertiary/aromatic N) is 1. The predicted octanol–water partition coefficient (Wildman–Crippen LogP) is 1.58. The average molecular weight is 189 g/mol. The third-order valence-electron chi connectivity index (χ3n) is 1.87. The molecule has 0 bridgehead atoms. The molecule has 0 amide bonds. The average Bonchev–Trinajstić information content (AvgIpc) is 2.25. The summed E-state index contributed by atoms with van der Waals surface area (Å²) in [6, 6.07) is 9.62.